The fraction of sp³-hybridized carbons (Fsp3) is 0.833. The molecule has 0 aromatic heterocycles. The lowest BCUT2D eigenvalue weighted by atomic mass is 9.99. The van der Waals surface area contributed by atoms with Crippen molar-refractivity contribution >= 4 is 16.4 Å². The van der Waals surface area contributed by atoms with Gasteiger partial charge in [0.15, 0.2) is 5.79 Å². The van der Waals surface area contributed by atoms with E-state index < -0.39 is 34.6 Å². The van der Waals surface area contributed by atoms with Crippen LogP contribution in [0.3, 0.4) is 0 Å². The number of carboxylic acid groups (broad SMARTS) is 1. The first kappa shape index (κ1) is 12.3. The van der Waals surface area contributed by atoms with Crippen LogP contribution in [0.15, 0.2) is 0 Å². The molecule has 0 aliphatic carbocycles. The summed E-state index contributed by atoms with van der Waals surface area (Å²) in [6.07, 6.45) is -0.585. The van der Waals surface area contributed by atoms with Gasteiger partial charge in [0.05, 0.1) is 0 Å². The van der Waals surface area contributed by atoms with Crippen molar-refractivity contribution in [2.45, 2.75) is 24.7 Å². The number of piperidine rings is 1. The molecule has 0 spiro atoms. The molecule has 0 saturated carbocycles. The standard InChI is InChI=1S/C6H11NO7S/c8-5(9)4-3-6(10,1-2-7-4)14-15(11,12)13/h4,7,10H,1-3H2,(H,8,9)(H,11,12,13)/t4-,6-/m0/s1. The summed E-state index contributed by atoms with van der Waals surface area (Å²) in [5, 5.41) is 20.7. The second-order valence-corrected chi connectivity index (χ2v) is 4.28. The number of hydrogen-bond acceptors (Lipinski definition) is 6. The van der Waals surface area contributed by atoms with Gasteiger partial charge in [-0.3, -0.25) is 9.35 Å². The van der Waals surface area contributed by atoms with Crippen LogP contribution in [-0.2, 0) is 19.4 Å². The van der Waals surface area contributed by atoms with Gasteiger partial charge >= 0.3 is 16.4 Å². The number of aliphatic hydroxyl groups is 1. The van der Waals surface area contributed by atoms with Crippen molar-refractivity contribution in [1.29, 1.82) is 0 Å². The van der Waals surface area contributed by atoms with Crippen molar-refractivity contribution in [2.24, 2.45) is 0 Å². The first-order valence-electron chi connectivity index (χ1n) is 4.08. The van der Waals surface area contributed by atoms with Crippen molar-refractivity contribution < 1.29 is 32.2 Å². The van der Waals surface area contributed by atoms with Gasteiger partial charge in [0.1, 0.15) is 6.04 Å². The summed E-state index contributed by atoms with van der Waals surface area (Å²) in [4.78, 5) is 10.6. The highest BCUT2D eigenvalue weighted by atomic mass is 32.3. The van der Waals surface area contributed by atoms with Crippen LogP contribution in [0.4, 0.5) is 0 Å². The lowest BCUT2D eigenvalue weighted by Crippen LogP contribution is -2.53. The molecule has 1 saturated heterocycles. The van der Waals surface area contributed by atoms with Gasteiger partial charge in [-0.05, 0) is 0 Å². The topological polar surface area (TPSA) is 133 Å². The van der Waals surface area contributed by atoms with E-state index >= 15 is 0 Å². The molecule has 15 heavy (non-hydrogen) atoms. The lowest BCUT2D eigenvalue weighted by molar-refractivity contribution is -0.173. The van der Waals surface area contributed by atoms with E-state index in [1.807, 2.05) is 0 Å². The third-order valence-electron chi connectivity index (χ3n) is 1.99. The molecule has 4 N–H and O–H groups in total. The molecule has 1 fully saturated rings. The van der Waals surface area contributed by atoms with Crippen LogP contribution < -0.4 is 5.32 Å². The largest absolute Gasteiger partial charge is 0.480 e. The second kappa shape index (κ2) is 4.02. The van der Waals surface area contributed by atoms with E-state index in [9.17, 15) is 18.3 Å². The van der Waals surface area contributed by atoms with Crippen LogP contribution in [-0.4, -0.2) is 47.5 Å². The summed E-state index contributed by atoms with van der Waals surface area (Å²) in [6, 6.07) is -1.11. The van der Waals surface area contributed by atoms with Crippen LogP contribution in [0, 0.1) is 0 Å². The van der Waals surface area contributed by atoms with Gasteiger partial charge in [-0.1, -0.05) is 0 Å². The Morgan fingerprint density at radius 1 is 1.53 bits per heavy atom. The number of nitrogens with one attached hydrogen (secondary N) is 1. The minimum Gasteiger partial charge on any atom is -0.480 e. The molecule has 0 radical (unpaired) electrons. The molecule has 0 amide bonds. The summed E-state index contributed by atoms with van der Waals surface area (Å²) in [5.41, 5.74) is 0. The molecular formula is C6H11NO7S. The maximum Gasteiger partial charge on any atom is 0.400 e. The predicted molar refractivity (Wildman–Crippen MR) is 46.2 cm³/mol. The van der Waals surface area contributed by atoms with Gasteiger partial charge in [-0.25, -0.2) is 4.18 Å². The van der Waals surface area contributed by atoms with E-state index in [0.29, 0.717) is 0 Å². The third kappa shape index (κ3) is 3.72. The molecule has 1 aliphatic heterocycles. The smallest absolute Gasteiger partial charge is 0.400 e. The highest BCUT2D eigenvalue weighted by molar-refractivity contribution is 7.80. The zero-order valence-electron chi connectivity index (χ0n) is 7.58. The van der Waals surface area contributed by atoms with Gasteiger partial charge in [0, 0.05) is 19.4 Å². The maximum atomic E-state index is 10.6. The Morgan fingerprint density at radius 3 is 2.60 bits per heavy atom. The minimum absolute atomic E-state index is 0.0724. The fourth-order valence-electron chi connectivity index (χ4n) is 1.38. The fourth-order valence-corrected chi connectivity index (χ4v) is 1.92. The number of carbonyl (C=O) groups is 1. The summed E-state index contributed by atoms with van der Waals surface area (Å²) in [6.45, 7) is 0.0724. The molecule has 2 atom stereocenters. The highest BCUT2D eigenvalue weighted by Gasteiger charge is 2.41. The average Bonchev–Trinajstić information content (AvgIpc) is 1.99. The van der Waals surface area contributed by atoms with Crippen LogP contribution in [0.1, 0.15) is 12.8 Å². The van der Waals surface area contributed by atoms with Crippen LogP contribution in [0.25, 0.3) is 0 Å². The molecule has 0 aromatic rings. The molecule has 1 heterocycles. The van der Waals surface area contributed by atoms with Gasteiger partial charge < -0.3 is 15.5 Å². The monoisotopic (exact) mass is 241 g/mol. The van der Waals surface area contributed by atoms with Crippen LogP contribution >= 0.6 is 0 Å². The Bertz CT molecular complexity index is 352. The SMILES string of the molecule is O=C(O)[C@@H]1C[C@@](O)(OS(=O)(=O)O)CCN1. The number of carboxylic acids is 1. The Labute approximate surface area is 85.8 Å². The number of rotatable bonds is 3. The Balaban J connectivity index is 2.73. The van der Waals surface area contributed by atoms with Gasteiger partial charge in [0.25, 0.3) is 0 Å². The van der Waals surface area contributed by atoms with E-state index in [1.54, 1.807) is 0 Å². The van der Waals surface area contributed by atoms with Crippen molar-refractivity contribution in [1.82, 2.24) is 5.32 Å². The van der Waals surface area contributed by atoms with E-state index in [-0.39, 0.29) is 13.0 Å². The molecule has 1 rings (SSSR count). The maximum absolute atomic E-state index is 10.6. The lowest BCUT2D eigenvalue weighted by Gasteiger charge is -2.33. The molecule has 0 bridgehead atoms. The van der Waals surface area contributed by atoms with Gasteiger partial charge in [-0.2, -0.15) is 8.42 Å². The van der Waals surface area contributed by atoms with E-state index in [1.165, 1.54) is 0 Å². The highest BCUT2D eigenvalue weighted by Crippen LogP contribution is 2.24. The average molecular weight is 241 g/mol. The van der Waals surface area contributed by atoms with Crippen molar-refractivity contribution in [3.63, 3.8) is 0 Å². The van der Waals surface area contributed by atoms with Crippen LogP contribution in [0.5, 0.6) is 0 Å². The second-order valence-electron chi connectivity index (χ2n) is 3.26. The quantitative estimate of drug-likeness (QED) is 0.340. The number of aliphatic carboxylic acids is 1. The summed E-state index contributed by atoms with van der Waals surface area (Å²) < 4.78 is 33.2. The molecule has 8 nitrogen and oxygen atoms in total. The first-order chi connectivity index (χ1) is 6.72. The van der Waals surface area contributed by atoms with E-state index in [4.69, 9.17) is 9.66 Å². The Morgan fingerprint density at radius 2 is 2.13 bits per heavy atom. The Hall–Kier alpha value is -0.740. The molecule has 0 unspecified atom stereocenters. The molecule has 9 heteroatoms. The van der Waals surface area contributed by atoms with Crippen LogP contribution in [0.2, 0.25) is 0 Å². The van der Waals surface area contributed by atoms with E-state index in [2.05, 4.69) is 9.50 Å². The third-order valence-corrected chi connectivity index (χ3v) is 2.51. The molecule has 0 aromatic carbocycles. The zero-order valence-corrected chi connectivity index (χ0v) is 8.40. The van der Waals surface area contributed by atoms with Gasteiger partial charge in [0.2, 0.25) is 0 Å². The molecular weight excluding hydrogens is 230 g/mol. The van der Waals surface area contributed by atoms with Crippen molar-refractivity contribution in [3.05, 3.63) is 0 Å². The molecule has 88 valence electrons. The Kier molecular flexibility index (Phi) is 3.31. The van der Waals surface area contributed by atoms with Gasteiger partial charge in [-0.15, -0.1) is 0 Å². The molecule has 1 aliphatic rings. The first-order valence-corrected chi connectivity index (χ1v) is 5.45. The zero-order chi connectivity index (χ0) is 11.7. The normalized spacial score (nSPS) is 32.5. The summed E-state index contributed by atoms with van der Waals surface area (Å²) in [7, 11) is -4.80. The summed E-state index contributed by atoms with van der Waals surface area (Å²) >= 11 is 0. The summed E-state index contributed by atoms with van der Waals surface area (Å²) in [5.74, 6) is -3.39. The van der Waals surface area contributed by atoms with Crippen molar-refractivity contribution in [3.8, 4) is 0 Å². The van der Waals surface area contributed by atoms with E-state index in [0.717, 1.165) is 0 Å². The van der Waals surface area contributed by atoms with Crippen molar-refractivity contribution in [2.75, 3.05) is 6.54 Å². The number of hydrogen-bond donors (Lipinski definition) is 4. The predicted octanol–water partition coefficient (Wildman–Crippen LogP) is -1.67. The minimum atomic E-state index is -4.80.